The van der Waals surface area contributed by atoms with Gasteiger partial charge in [-0.1, -0.05) is 195 Å². The molecule has 0 fully saturated rings. The third-order valence-corrected chi connectivity index (χ3v) is 12.7. The summed E-state index contributed by atoms with van der Waals surface area (Å²) in [6.07, 6.45) is 2.37. The van der Waals surface area contributed by atoms with Crippen molar-refractivity contribution < 1.29 is 20.8 Å². The average molecular weight is 967 g/mol. The van der Waals surface area contributed by atoms with Crippen LogP contribution in [0.2, 0.25) is 13.1 Å². The third kappa shape index (κ3) is 13.9. The predicted molar refractivity (Wildman–Crippen MR) is 281 cm³/mol. The summed E-state index contributed by atoms with van der Waals surface area (Å²) < 4.78 is 0. The van der Waals surface area contributed by atoms with Crippen molar-refractivity contribution in [2.45, 2.75) is 184 Å². The predicted octanol–water partition coefficient (Wildman–Crippen LogP) is 20.4. The summed E-state index contributed by atoms with van der Waals surface area (Å²) in [5.41, 5.74) is 17.3. The van der Waals surface area contributed by atoms with Crippen molar-refractivity contribution in [2.24, 2.45) is 0 Å². The maximum atomic E-state index is 4.93. The number of fused-ring (bicyclic) bond motifs is 2. The molecule has 0 bridgehead atoms. The molecule has 0 amide bonds. The van der Waals surface area contributed by atoms with E-state index < -0.39 is 20.8 Å². The monoisotopic (exact) mass is 964 g/mol. The Balaban J connectivity index is 0.000000293. The number of halogens is 2. The molecule has 0 saturated heterocycles. The van der Waals surface area contributed by atoms with Crippen molar-refractivity contribution >= 4 is 48.1 Å². The Morgan fingerprint density at radius 1 is 0.452 bits per heavy atom. The van der Waals surface area contributed by atoms with Gasteiger partial charge < -0.3 is 0 Å². The maximum absolute atomic E-state index is 4.93. The number of rotatable bonds is 12. The first kappa shape index (κ1) is 54.1. The van der Waals surface area contributed by atoms with E-state index in [9.17, 15) is 0 Å². The Morgan fingerprint density at radius 2 is 0.726 bits per heavy atom. The summed E-state index contributed by atoms with van der Waals surface area (Å²) in [7, 11) is 11.0. The minimum absolute atomic E-state index is 0.506. The van der Waals surface area contributed by atoms with Crippen molar-refractivity contribution in [3.05, 3.63) is 129 Å². The standard InChI is InChI=1S/2C28H37.C2H6Si.2ClH.Zr/c2*1-9-20(8)24-12-21-10-11-26(19(6)7)28(27(21)16-24)25-14-22(17(2)3)13-23(15-25)18(4)5;1-3-2;;;/h2*10-20H,9H2,1-8H3;1-2H3;2*1H;/q2*-1;;;;+4/p-2. The van der Waals surface area contributed by atoms with Crippen LogP contribution in [0.15, 0.2) is 84.9 Å². The number of benzene rings is 4. The van der Waals surface area contributed by atoms with Crippen LogP contribution in [0.5, 0.6) is 0 Å². The third-order valence-electron chi connectivity index (χ3n) is 12.7. The van der Waals surface area contributed by atoms with Gasteiger partial charge in [0.1, 0.15) is 0 Å². The summed E-state index contributed by atoms with van der Waals surface area (Å²) in [6.45, 7) is 41.2. The van der Waals surface area contributed by atoms with Gasteiger partial charge in [-0.15, -0.1) is 69.1 Å². The molecule has 0 spiro atoms. The summed E-state index contributed by atoms with van der Waals surface area (Å²) in [5, 5.41) is 5.63. The molecule has 6 rings (SSSR count). The molecule has 2 atom stereocenters. The van der Waals surface area contributed by atoms with Crippen LogP contribution in [-0.4, -0.2) is 9.52 Å². The average Bonchev–Trinajstić information content (AvgIpc) is 3.88. The van der Waals surface area contributed by atoms with Gasteiger partial charge in [-0.25, -0.2) is 0 Å². The molecular weight excluding hydrogens is 887 g/mol. The second-order valence-corrected chi connectivity index (χ2v) is 24.3. The minimum atomic E-state index is -0.826. The first-order chi connectivity index (χ1) is 29.3. The van der Waals surface area contributed by atoms with E-state index in [-0.39, 0.29) is 0 Å². The van der Waals surface area contributed by atoms with Crippen LogP contribution in [0.1, 0.15) is 215 Å². The van der Waals surface area contributed by atoms with Gasteiger partial charge in [0.25, 0.3) is 0 Å². The molecule has 0 aromatic heterocycles. The van der Waals surface area contributed by atoms with Gasteiger partial charge in [-0.05, 0) is 80.7 Å². The normalized spacial score (nSPS) is 12.4. The second kappa shape index (κ2) is 25.5. The SMILES string of the molecule is CCC(C)c1cc2c(-c3cc(C(C)C)cc(C(C)C)c3)c(C(C)C)ccc2[cH-]1.CCC(C)c1cc2c(-c3cc(C(C)C)cc(C(C)C)c3)c(C(C)C)ccc2[cH-]1.C[Si]C.[Cl][Zr+2][Cl]. The molecule has 0 nitrogen and oxygen atoms in total. The fourth-order valence-corrected chi connectivity index (χ4v) is 8.27. The van der Waals surface area contributed by atoms with Crippen LogP contribution in [-0.2, 0) is 20.8 Å². The molecule has 0 aliphatic heterocycles. The van der Waals surface area contributed by atoms with Gasteiger partial charge in [0, 0.05) is 9.52 Å². The van der Waals surface area contributed by atoms with E-state index in [0.29, 0.717) is 47.3 Å². The van der Waals surface area contributed by atoms with Crippen LogP contribution in [0.3, 0.4) is 0 Å². The van der Waals surface area contributed by atoms with Crippen LogP contribution < -0.4 is 0 Å². The van der Waals surface area contributed by atoms with Gasteiger partial charge in [-0.2, -0.15) is 12.1 Å². The van der Waals surface area contributed by atoms with Crippen molar-refractivity contribution in [1.29, 1.82) is 0 Å². The zero-order chi connectivity index (χ0) is 46.6. The summed E-state index contributed by atoms with van der Waals surface area (Å²) in [6, 6.07) is 33.7. The molecule has 0 saturated carbocycles. The molecule has 0 aliphatic rings. The number of hydrogen-bond donors (Lipinski definition) is 0. The Kier molecular flexibility index (Phi) is 22.2. The van der Waals surface area contributed by atoms with Crippen molar-refractivity contribution in [2.75, 3.05) is 0 Å². The Morgan fingerprint density at radius 3 is 0.952 bits per heavy atom. The van der Waals surface area contributed by atoms with Crippen LogP contribution >= 0.6 is 17.0 Å². The van der Waals surface area contributed by atoms with E-state index in [1.807, 2.05) is 0 Å². The Hall–Kier alpha value is -2.22. The van der Waals surface area contributed by atoms with Crippen LogP contribution in [0.25, 0.3) is 43.8 Å². The van der Waals surface area contributed by atoms with E-state index in [0.717, 1.165) is 9.52 Å². The molecule has 62 heavy (non-hydrogen) atoms. The first-order valence-corrected chi connectivity index (χ1v) is 31.9. The summed E-state index contributed by atoms with van der Waals surface area (Å²) >= 11 is -0.826. The van der Waals surface area contributed by atoms with Gasteiger partial charge in [0.05, 0.1) is 0 Å². The van der Waals surface area contributed by atoms with Gasteiger partial charge >= 0.3 is 37.9 Å². The van der Waals surface area contributed by atoms with E-state index in [1.165, 1.54) is 101 Å². The molecular formula is C58H80Cl2SiZr. The fourth-order valence-electron chi connectivity index (χ4n) is 8.27. The molecule has 0 N–H and O–H groups in total. The zero-order valence-corrected chi connectivity index (χ0v) is 46.8. The van der Waals surface area contributed by atoms with Crippen molar-refractivity contribution in [3.63, 3.8) is 0 Å². The Labute approximate surface area is 401 Å². The number of hydrogen-bond acceptors (Lipinski definition) is 0. The molecule has 0 heterocycles. The molecule has 6 aromatic rings. The molecule has 6 aromatic carbocycles. The summed E-state index contributed by atoms with van der Waals surface area (Å²) in [5.74, 6) is 4.37. The zero-order valence-electron chi connectivity index (χ0n) is 41.9. The molecule has 2 unspecified atom stereocenters. The fraction of sp³-hybridized carbons (Fsp3) is 0.483. The summed E-state index contributed by atoms with van der Waals surface area (Å²) in [4.78, 5) is 0. The van der Waals surface area contributed by atoms with E-state index in [2.05, 4.69) is 209 Å². The molecule has 2 radical (unpaired) electrons. The van der Waals surface area contributed by atoms with Gasteiger partial charge in [0.15, 0.2) is 0 Å². The van der Waals surface area contributed by atoms with Crippen molar-refractivity contribution in [1.82, 2.24) is 0 Å². The van der Waals surface area contributed by atoms with Crippen LogP contribution in [0.4, 0.5) is 0 Å². The topological polar surface area (TPSA) is 0 Å². The Bertz CT molecular complexity index is 2070. The van der Waals surface area contributed by atoms with Crippen molar-refractivity contribution in [3.8, 4) is 22.3 Å². The molecule has 0 aliphatic carbocycles. The van der Waals surface area contributed by atoms with E-state index in [1.54, 1.807) is 0 Å². The van der Waals surface area contributed by atoms with Crippen LogP contribution in [0, 0.1) is 0 Å². The molecule has 334 valence electrons. The van der Waals surface area contributed by atoms with E-state index >= 15 is 0 Å². The molecule has 4 heteroatoms. The first-order valence-electron chi connectivity index (χ1n) is 23.6. The van der Waals surface area contributed by atoms with E-state index in [4.69, 9.17) is 17.0 Å². The van der Waals surface area contributed by atoms with Gasteiger partial charge in [0.2, 0.25) is 0 Å². The van der Waals surface area contributed by atoms with Gasteiger partial charge in [-0.3, -0.25) is 0 Å². The quantitative estimate of drug-likeness (QED) is 0.0847. The second-order valence-electron chi connectivity index (χ2n) is 19.5.